The molecule has 436 valence electrons. The first-order chi connectivity index (χ1) is 36.9. The zero-order valence-corrected chi connectivity index (χ0v) is 49.4. The molecule has 0 spiro atoms. The lowest BCUT2D eigenvalue weighted by atomic mass is 9.99. The molecule has 8 unspecified atom stereocenters. The van der Waals surface area contributed by atoms with Crippen LogP contribution in [0.15, 0.2) is 48.5 Å². The molecule has 78 heavy (non-hydrogen) atoms. The van der Waals surface area contributed by atoms with Gasteiger partial charge in [-0.2, -0.15) is 0 Å². The van der Waals surface area contributed by atoms with E-state index in [-0.39, 0.29) is 62.4 Å². The van der Waals surface area contributed by atoms with Crippen LogP contribution in [0.2, 0.25) is 0 Å². The lowest BCUT2D eigenvalue weighted by Gasteiger charge is -2.36. The van der Waals surface area contributed by atoms with Gasteiger partial charge in [0.2, 0.25) is 0 Å². The van der Waals surface area contributed by atoms with Gasteiger partial charge in [-0.05, 0) is 107 Å². The van der Waals surface area contributed by atoms with Crippen LogP contribution < -0.4 is 9.80 Å². The molecule has 2 aromatic rings. The minimum Gasteiger partial charge on any atom is -0.460 e. The molecule has 3 aliphatic heterocycles. The van der Waals surface area contributed by atoms with Crippen LogP contribution in [-0.2, 0) is 70.0 Å². The van der Waals surface area contributed by atoms with E-state index in [1.165, 1.54) is 9.80 Å². The summed E-state index contributed by atoms with van der Waals surface area (Å²) in [5, 5.41) is 0. The van der Waals surface area contributed by atoms with Crippen LogP contribution in [0.1, 0.15) is 106 Å². The smallest absolute Gasteiger partial charge is 0.329 e. The van der Waals surface area contributed by atoms with Crippen LogP contribution in [0.25, 0.3) is 0 Å². The van der Waals surface area contributed by atoms with E-state index < -0.39 is 84.3 Å². The predicted octanol–water partition coefficient (Wildman–Crippen LogP) is 6.28. The number of hydrogen-bond donors (Lipinski definition) is 0. The summed E-state index contributed by atoms with van der Waals surface area (Å²) in [6, 6.07) is 11.7. The highest BCUT2D eigenvalue weighted by molar-refractivity contribution is 5.90. The van der Waals surface area contributed by atoms with Crippen LogP contribution >= 0.6 is 0 Å². The highest BCUT2D eigenvalue weighted by atomic mass is 16.6. The number of ether oxygens (including phenoxy) is 6. The first kappa shape index (κ1) is 63.5. The van der Waals surface area contributed by atoms with E-state index in [0.29, 0.717) is 52.4 Å². The minimum atomic E-state index is -1.34. The molecule has 0 aromatic heterocycles. The van der Waals surface area contributed by atoms with Gasteiger partial charge in [-0.25, -0.2) is 9.59 Å². The number of nitrogens with zero attached hydrogens (tertiary/aromatic N) is 6. The second-order valence-corrected chi connectivity index (χ2v) is 23.6. The van der Waals surface area contributed by atoms with E-state index in [1.807, 2.05) is 104 Å². The average Bonchev–Trinajstić information content (AvgIpc) is 3.40. The molecule has 8 atom stereocenters. The van der Waals surface area contributed by atoms with Crippen molar-refractivity contribution in [2.75, 3.05) is 104 Å². The number of carbonyl (C=O) groups is 6. The number of esters is 4. The highest BCUT2D eigenvalue weighted by Crippen LogP contribution is 2.28. The summed E-state index contributed by atoms with van der Waals surface area (Å²) in [7, 11) is 6.61. The molecule has 0 N–H and O–H groups in total. The van der Waals surface area contributed by atoms with E-state index in [2.05, 4.69) is 9.80 Å². The minimum absolute atomic E-state index is 0.0142. The van der Waals surface area contributed by atoms with E-state index in [9.17, 15) is 19.2 Å². The predicted molar refractivity (Wildman–Crippen MR) is 301 cm³/mol. The third kappa shape index (κ3) is 18.7. The monoisotopic (exact) mass is 1090 g/mol. The molecule has 0 radical (unpaired) electrons. The van der Waals surface area contributed by atoms with Gasteiger partial charge in [-0.1, -0.05) is 85.7 Å². The average molecular weight is 1090 g/mol. The summed E-state index contributed by atoms with van der Waals surface area (Å²) in [5.41, 5.74) is 3.45. The first-order valence-corrected chi connectivity index (χ1v) is 28.5. The van der Waals surface area contributed by atoms with Gasteiger partial charge in [-0.3, -0.25) is 29.0 Å². The molecular weight excluding hydrogens is 997 g/mol. The number of anilines is 2. The highest BCUT2D eigenvalue weighted by Gasteiger charge is 2.41. The maximum absolute atomic E-state index is 15.2. The maximum atomic E-state index is 15.2. The summed E-state index contributed by atoms with van der Waals surface area (Å²) in [6.07, 6.45) is -2.92. The Balaban J connectivity index is 1.57. The van der Waals surface area contributed by atoms with Crippen LogP contribution in [-0.4, -0.2) is 198 Å². The quantitative estimate of drug-likeness (QED) is 0.152. The molecule has 3 fully saturated rings. The van der Waals surface area contributed by atoms with Gasteiger partial charge in [0.15, 0.2) is 12.2 Å². The molecule has 2 aromatic carbocycles. The molecule has 18 nitrogen and oxygen atoms in total. The van der Waals surface area contributed by atoms with Crippen LogP contribution in [0.5, 0.6) is 0 Å². The molecule has 0 aliphatic carbocycles. The number of likely N-dealkylation sites (N-methyl/N-ethyl adjacent to an activating group) is 4. The Labute approximate surface area is 465 Å². The zero-order valence-electron chi connectivity index (χ0n) is 49.4. The third-order valence-corrected chi connectivity index (χ3v) is 14.8. The second-order valence-electron chi connectivity index (χ2n) is 23.6. The van der Waals surface area contributed by atoms with Crippen LogP contribution in [0.3, 0.4) is 0 Å². The Kier molecular flexibility index (Phi) is 24.7. The largest absolute Gasteiger partial charge is 0.460 e. The summed E-state index contributed by atoms with van der Waals surface area (Å²) in [5.74, 6) is -3.73. The molecule has 0 bridgehead atoms. The lowest BCUT2D eigenvalue weighted by molar-refractivity contribution is -0.171. The van der Waals surface area contributed by atoms with Crippen molar-refractivity contribution in [1.82, 2.24) is 19.6 Å². The van der Waals surface area contributed by atoms with Crippen molar-refractivity contribution in [2.24, 2.45) is 23.7 Å². The summed E-state index contributed by atoms with van der Waals surface area (Å²) >= 11 is 0. The lowest BCUT2D eigenvalue weighted by Crippen LogP contribution is -2.53. The molecular formula is C60H94N6O12. The van der Waals surface area contributed by atoms with E-state index in [0.717, 1.165) is 35.6 Å². The fraction of sp³-hybridized carbons (Fsp3) is 0.700. The van der Waals surface area contributed by atoms with Gasteiger partial charge in [0.1, 0.15) is 36.4 Å². The Morgan fingerprint density at radius 3 is 1.26 bits per heavy atom. The van der Waals surface area contributed by atoms with Crippen molar-refractivity contribution in [3.8, 4) is 0 Å². The van der Waals surface area contributed by atoms with Gasteiger partial charge in [-0.15, -0.1) is 0 Å². The van der Waals surface area contributed by atoms with Gasteiger partial charge >= 0.3 is 23.9 Å². The molecule has 3 saturated heterocycles. The molecule has 2 amide bonds. The number of rotatable bonds is 14. The third-order valence-electron chi connectivity index (χ3n) is 14.8. The fourth-order valence-corrected chi connectivity index (χ4v) is 10.6. The van der Waals surface area contributed by atoms with Crippen LogP contribution in [0, 0.1) is 23.7 Å². The van der Waals surface area contributed by atoms with Crippen molar-refractivity contribution in [3.05, 3.63) is 59.7 Å². The van der Waals surface area contributed by atoms with E-state index in [4.69, 9.17) is 28.4 Å². The van der Waals surface area contributed by atoms with Crippen molar-refractivity contribution in [1.29, 1.82) is 0 Å². The van der Waals surface area contributed by atoms with Crippen molar-refractivity contribution >= 4 is 47.1 Å². The first-order valence-electron chi connectivity index (χ1n) is 28.5. The van der Waals surface area contributed by atoms with Gasteiger partial charge in [0.25, 0.3) is 11.8 Å². The number of amides is 2. The Morgan fingerprint density at radius 1 is 0.462 bits per heavy atom. The fourth-order valence-electron chi connectivity index (χ4n) is 10.6. The molecule has 0 saturated carbocycles. The standard InChI is InChI=1S/C60H94N6O12/c1-39(2)31-49-57(69)77-53(35-45-19-21-47(22-20-45)65-23-27-73-28-24-65)55(67)63(13)51(33-41(5)6)59(71)75-44(10)38-62(12)50(32-40(3)4)58(70)78-54(36-46-17-15-16-18-48(46)66-25-29-74-30-26-66)56(68)64(14)52(34-42(7)8)60(72)76-43(9)37-61(49)11/h15-22,39-44,49-54H,23-38H2,1-14H3. The topological polar surface area (TPSA) is 177 Å². The Morgan fingerprint density at radius 2 is 0.833 bits per heavy atom. The van der Waals surface area contributed by atoms with E-state index in [1.54, 1.807) is 51.8 Å². The van der Waals surface area contributed by atoms with Crippen molar-refractivity contribution in [2.45, 2.75) is 156 Å². The number of cyclic esters (lactones) is 4. The number of para-hydroxylation sites is 1. The van der Waals surface area contributed by atoms with E-state index >= 15 is 9.59 Å². The molecule has 18 heteroatoms. The van der Waals surface area contributed by atoms with Gasteiger partial charge in [0.05, 0.1) is 26.4 Å². The maximum Gasteiger partial charge on any atom is 0.329 e. The number of hydrogen-bond acceptors (Lipinski definition) is 16. The van der Waals surface area contributed by atoms with Crippen molar-refractivity contribution in [3.63, 3.8) is 0 Å². The Hall–Kier alpha value is -5.30. The Bertz CT molecular complexity index is 2250. The summed E-state index contributed by atoms with van der Waals surface area (Å²) in [6.45, 7) is 24.6. The second kappa shape index (κ2) is 30.3. The normalized spacial score (nSPS) is 26.3. The molecule has 5 rings (SSSR count). The summed E-state index contributed by atoms with van der Waals surface area (Å²) in [4.78, 5) is 99.5. The zero-order chi connectivity index (χ0) is 57.4. The van der Waals surface area contributed by atoms with Gasteiger partial charge < -0.3 is 48.0 Å². The van der Waals surface area contributed by atoms with Gasteiger partial charge in [0, 0.05) is 77.6 Å². The molecule has 3 heterocycles. The number of benzene rings is 2. The van der Waals surface area contributed by atoms with Crippen LogP contribution in [0.4, 0.5) is 11.4 Å². The summed E-state index contributed by atoms with van der Waals surface area (Å²) < 4.78 is 36.4. The number of carbonyl (C=O) groups excluding carboxylic acids is 6. The van der Waals surface area contributed by atoms with Crippen molar-refractivity contribution < 1.29 is 57.2 Å². The molecule has 3 aliphatic rings. The SMILES string of the molecule is CC(C)CC1C(=O)OC(Cc2ccc(N3CCOCC3)cc2)C(=O)N(C)C(CC(C)C)C(=O)OC(C)CN(C)C(CC(C)C)C(=O)OC(Cc2ccccc2N2CCOCC2)C(=O)N(C)C(CC(C)C)C(=O)OC(C)CN1C. The number of morpholine rings is 2.